The zero-order chi connectivity index (χ0) is 18.9. The van der Waals surface area contributed by atoms with Crippen molar-refractivity contribution in [2.24, 2.45) is 0 Å². The maximum absolute atomic E-state index is 12.8. The molecular weight excluding hydrogens is 380 g/mol. The van der Waals surface area contributed by atoms with E-state index in [4.69, 9.17) is 4.42 Å². The quantitative estimate of drug-likeness (QED) is 0.597. The summed E-state index contributed by atoms with van der Waals surface area (Å²) in [5.74, 6) is 1.81. The molecule has 0 bridgehead atoms. The summed E-state index contributed by atoms with van der Waals surface area (Å²) in [7, 11) is -3.64. The van der Waals surface area contributed by atoms with Crippen LogP contribution in [0.1, 0.15) is 50.0 Å². The van der Waals surface area contributed by atoms with Gasteiger partial charge in [0.25, 0.3) is 10.0 Å². The molecule has 0 amide bonds. The molecule has 1 aliphatic carbocycles. The molecule has 2 aromatic heterocycles. The van der Waals surface area contributed by atoms with Gasteiger partial charge in [0.05, 0.1) is 16.8 Å². The van der Waals surface area contributed by atoms with Crippen molar-refractivity contribution in [1.29, 1.82) is 0 Å². The summed E-state index contributed by atoms with van der Waals surface area (Å²) in [6, 6.07) is 10.9. The summed E-state index contributed by atoms with van der Waals surface area (Å²) >= 11 is 1.20. The Balaban J connectivity index is 1.56. The number of nitrogens with one attached hydrogen (secondary N) is 1. The highest BCUT2D eigenvalue weighted by Gasteiger charge is 2.24. The van der Waals surface area contributed by atoms with E-state index >= 15 is 0 Å². The normalized spacial score (nSPS) is 15.3. The van der Waals surface area contributed by atoms with Gasteiger partial charge in [0.1, 0.15) is 4.21 Å². The molecule has 1 saturated carbocycles. The molecule has 0 radical (unpaired) electrons. The minimum atomic E-state index is -3.64. The Morgan fingerprint density at radius 3 is 2.74 bits per heavy atom. The summed E-state index contributed by atoms with van der Waals surface area (Å²) in [6.45, 7) is 2.00. The summed E-state index contributed by atoms with van der Waals surface area (Å²) in [6.07, 6.45) is 7.13. The van der Waals surface area contributed by atoms with Gasteiger partial charge in [0.15, 0.2) is 11.7 Å². The fourth-order valence-electron chi connectivity index (χ4n) is 3.48. The SMILES string of the molecule is CCc1ccccc1NS(=O)(=O)c1ccc(-c2cnc(C3CCCC3)o2)s1. The molecule has 0 saturated heterocycles. The molecule has 0 atom stereocenters. The topological polar surface area (TPSA) is 72.2 Å². The molecule has 0 unspecified atom stereocenters. The number of thiophene rings is 1. The minimum absolute atomic E-state index is 0.266. The maximum Gasteiger partial charge on any atom is 0.271 e. The fourth-order valence-corrected chi connectivity index (χ4v) is 5.84. The first kappa shape index (κ1) is 18.3. The third-order valence-corrected chi connectivity index (χ3v) is 7.92. The van der Waals surface area contributed by atoms with Crippen molar-refractivity contribution in [3.8, 4) is 10.6 Å². The smallest absolute Gasteiger partial charge is 0.271 e. The number of nitrogens with zero attached hydrogens (tertiary/aromatic N) is 1. The van der Waals surface area contributed by atoms with Crippen LogP contribution < -0.4 is 4.72 Å². The lowest BCUT2D eigenvalue weighted by molar-refractivity contribution is 0.458. The van der Waals surface area contributed by atoms with Crippen molar-refractivity contribution >= 4 is 27.0 Å². The molecule has 1 fully saturated rings. The molecule has 7 heteroatoms. The molecular formula is C20H22N2O3S2. The fraction of sp³-hybridized carbons (Fsp3) is 0.350. The van der Waals surface area contributed by atoms with Crippen molar-refractivity contribution in [3.05, 3.63) is 54.0 Å². The number of benzene rings is 1. The molecule has 4 rings (SSSR count). The molecule has 2 heterocycles. The largest absolute Gasteiger partial charge is 0.440 e. The predicted molar refractivity (Wildman–Crippen MR) is 108 cm³/mol. The van der Waals surface area contributed by atoms with Gasteiger partial charge in [-0.25, -0.2) is 13.4 Å². The first-order valence-corrected chi connectivity index (χ1v) is 11.5. The second kappa shape index (κ2) is 7.48. The molecule has 27 heavy (non-hydrogen) atoms. The number of hydrogen-bond donors (Lipinski definition) is 1. The first-order valence-electron chi connectivity index (χ1n) is 9.23. The predicted octanol–water partition coefficient (Wildman–Crippen LogP) is 5.42. The first-order chi connectivity index (χ1) is 13.1. The van der Waals surface area contributed by atoms with Crippen LogP contribution in [0.15, 0.2) is 51.2 Å². The van der Waals surface area contributed by atoms with Gasteiger partial charge >= 0.3 is 0 Å². The van der Waals surface area contributed by atoms with Crippen LogP contribution in [0, 0.1) is 0 Å². The van der Waals surface area contributed by atoms with E-state index in [0.29, 0.717) is 17.4 Å². The Kier molecular flexibility index (Phi) is 5.06. The van der Waals surface area contributed by atoms with Gasteiger partial charge in [-0.15, -0.1) is 11.3 Å². The van der Waals surface area contributed by atoms with Gasteiger partial charge in [-0.1, -0.05) is 38.0 Å². The van der Waals surface area contributed by atoms with Crippen LogP contribution in [0.5, 0.6) is 0 Å². The molecule has 3 aromatic rings. The molecule has 142 valence electrons. The van der Waals surface area contributed by atoms with Gasteiger partial charge in [-0.3, -0.25) is 4.72 Å². The zero-order valence-corrected chi connectivity index (χ0v) is 16.8. The van der Waals surface area contributed by atoms with Gasteiger partial charge in [-0.05, 0) is 43.0 Å². The molecule has 1 aromatic carbocycles. The van der Waals surface area contributed by atoms with Gasteiger partial charge in [0.2, 0.25) is 0 Å². The van der Waals surface area contributed by atoms with Crippen LogP contribution in [0.4, 0.5) is 5.69 Å². The lowest BCUT2D eigenvalue weighted by Crippen LogP contribution is -2.12. The van der Waals surface area contributed by atoms with E-state index in [2.05, 4.69) is 9.71 Å². The highest BCUT2D eigenvalue weighted by Crippen LogP contribution is 2.37. The second-order valence-electron chi connectivity index (χ2n) is 6.78. The Bertz CT molecular complexity index is 1030. The van der Waals surface area contributed by atoms with Crippen LogP contribution in [-0.4, -0.2) is 13.4 Å². The van der Waals surface area contributed by atoms with E-state index in [-0.39, 0.29) is 4.21 Å². The average molecular weight is 403 g/mol. The van der Waals surface area contributed by atoms with Crippen LogP contribution in [0.2, 0.25) is 0 Å². The van der Waals surface area contributed by atoms with Crippen LogP contribution in [0.3, 0.4) is 0 Å². The zero-order valence-electron chi connectivity index (χ0n) is 15.1. The number of aryl methyl sites for hydroxylation is 1. The van der Waals surface area contributed by atoms with Crippen LogP contribution in [0.25, 0.3) is 10.6 Å². The number of hydrogen-bond acceptors (Lipinski definition) is 5. The third kappa shape index (κ3) is 3.80. The number of para-hydroxylation sites is 1. The lowest BCUT2D eigenvalue weighted by Gasteiger charge is -2.10. The number of aromatic nitrogens is 1. The van der Waals surface area contributed by atoms with E-state index in [9.17, 15) is 8.42 Å². The molecule has 1 aliphatic rings. The molecule has 0 aliphatic heterocycles. The second-order valence-corrected chi connectivity index (χ2v) is 9.77. The molecule has 1 N–H and O–H groups in total. The molecule has 0 spiro atoms. The van der Waals surface area contributed by atoms with Crippen LogP contribution >= 0.6 is 11.3 Å². The number of anilines is 1. The minimum Gasteiger partial charge on any atom is -0.440 e. The summed E-state index contributed by atoms with van der Waals surface area (Å²) in [5, 5.41) is 0. The maximum atomic E-state index is 12.8. The Morgan fingerprint density at radius 1 is 1.19 bits per heavy atom. The highest BCUT2D eigenvalue weighted by molar-refractivity contribution is 7.94. The Labute approximate surface area is 163 Å². The van der Waals surface area contributed by atoms with Crippen molar-refractivity contribution in [2.75, 3.05) is 4.72 Å². The van der Waals surface area contributed by atoms with Crippen molar-refractivity contribution in [1.82, 2.24) is 4.98 Å². The number of oxazole rings is 1. The van der Waals surface area contributed by atoms with E-state index in [1.807, 2.05) is 25.1 Å². The van der Waals surface area contributed by atoms with Crippen LogP contribution in [-0.2, 0) is 16.4 Å². The van der Waals surface area contributed by atoms with Gasteiger partial charge in [-0.2, -0.15) is 0 Å². The summed E-state index contributed by atoms with van der Waals surface area (Å²) < 4.78 is 34.5. The Hall–Kier alpha value is -2.12. The third-order valence-electron chi connectivity index (χ3n) is 4.96. The van der Waals surface area contributed by atoms with E-state index in [0.717, 1.165) is 35.6 Å². The van der Waals surface area contributed by atoms with Crippen molar-refractivity contribution in [3.63, 3.8) is 0 Å². The number of sulfonamides is 1. The van der Waals surface area contributed by atoms with Gasteiger partial charge < -0.3 is 4.42 Å². The Morgan fingerprint density at radius 2 is 1.96 bits per heavy atom. The van der Waals surface area contributed by atoms with Crippen molar-refractivity contribution in [2.45, 2.75) is 49.2 Å². The van der Waals surface area contributed by atoms with Crippen molar-refractivity contribution < 1.29 is 12.8 Å². The monoisotopic (exact) mass is 402 g/mol. The van der Waals surface area contributed by atoms with E-state index in [1.54, 1.807) is 24.4 Å². The van der Waals surface area contributed by atoms with Gasteiger partial charge in [0, 0.05) is 5.92 Å². The highest BCUT2D eigenvalue weighted by atomic mass is 32.2. The standard InChI is InChI=1S/C20H22N2O3S2/c1-2-14-7-5-6-10-16(14)22-27(23,24)19-12-11-18(26-19)17-13-21-20(25-17)15-8-3-4-9-15/h5-7,10-13,15,22H,2-4,8-9H2,1H3. The average Bonchev–Trinajstić information content (AvgIpc) is 3.41. The summed E-state index contributed by atoms with van der Waals surface area (Å²) in [4.78, 5) is 5.19. The lowest BCUT2D eigenvalue weighted by atomic mass is 10.1. The van der Waals surface area contributed by atoms with E-state index < -0.39 is 10.0 Å². The van der Waals surface area contributed by atoms with E-state index in [1.165, 1.54) is 24.2 Å². The molecule has 5 nitrogen and oxygen atoms in total. The summed E-state index contributed by atoms with van der Waals surface area (Å²) in [5.41, 5.74) is 1.59. The number of rotatable bonds is 6.